The topological polar surface area (TPSA) is 73.7 Å². The first-order chi connectivity index (χ1) is 17.8. The summed E-state index contributed by atoms with van der Waals surface area (Å²) in [6.45, 7) is 7.63. The second-order valence-corrected chi connectivity index (χ2v) is 9.62. The number of rotatable bonds is 5. The Balaban J connectivity index is 1.56. The van der Waals surface area contributed by atoms with Crippen LogP contribution in [-0.2, 0) is 29.7 Å². The molecule has 2 amide bonds. The highest BCUT2D eigenvalue weighted by Crippen LogP contribution is 2.24. The van der Waals surface area contributed by atoms with Gasteiger partial charge < -0.3 is 10.2 Å². The van der Waals surface area contributed by atoms with E-state index in [4.69, 9.17) is 0 Å². The molecule has 0 saturated heterocycles. The van der Waals surface area contributed by atoms with E-state index in [1.54, 1.807) is 29.9 Å². The number of fused-ring (bicyclic) bond motifs is 1. The van der Waals surface area contributed by atoms with Crippen molar-refractivity contribution in [3.05, 3.63) is 77.4 Å². The predicted octanol–water partition coefficient (Wildman–Crippen LogP) is 3.57. The van der Waals surface area contributed by atoms with Crippen molar-refractivity contribution in [3.63, 3.8) is 0 Å². The lowest BCUT2D eigenvalue weighted by atomic mass is 10.1. The van der Waals surface area contributed by atoms with Gasteiger partial charge in [0.2, 0.25) is 11.8 Å². The van der Waals surface area contributed by atoms with Gasteiger partial charge in [0.15, 0.2) is 0 Å². The quantitative estimate of drug-likeness (QED) is 0.573. The lowest BCUT2D eigenvalue weighted by Gasteiger charge is -2.27. The minimum Gasteiger partial charge on any atom is -0.322 e. The van der Waals surface area contributed by atoms with E-state index in [1.807, 2.05) is 43.1 Å². The zero-order chi connectivity index (χ0) is 26.4. The van der Waals surface area contributed by atoms with Crippen molar-refractivity contribution in [2.45, 2.75) is 33.4 Å². The van der Waals surface area contributed by atoms with Gasteiger partial charge in [-0.3, -0.25) is 24.1 Å². The molecule has 1 aromatic heterocycles. The first-order valence-electron chi connectivity index (χ1n) is 12.6. The SMILES string of the molecule is CC(=O)N1CCCN(Cc2ccc(F)cc2)CCN(CC(=O)Nc2cn(C)nc2C)Cc2ccccc21. The van der Waals surface area contributed by atoms with Gasteiger partial charge in [-0.05, 0) is 42.7 Å². The summed E-state index contributed by atoms with van der Waals surface area (Å²) in [6.07, 6.45) is 2.60. The van der Waals surface area contributed by atoms with Gasteiger partial charge in [-0.1, -0.05) is 30.3 Å². The number of hydrogen-bond acceptors (Lipinski definition) is 5. The maximum absolute atomic E-state index is 13.4. The van der Waals surface area contributed by atoms with Crippen molar-refractivity contribution in [1.29, 1.82) is 0 Å². The van der Waals surface area contributed by atoms with Crippen molar-refractivity contribution >= 4 is 23.2 Å². The Labute approximate surface area is 217 Å². The third kappa shape index (κ3) is 7.24. The molecule has 1 aliphatic rings. The molecule has 37 heavy (non-hydrogen) atoms. The molecule has 2 aromatic carbocycles. The number of aromatic nitrogens is 2. The fourth-order valence-electron chi connectivity index (χ4n) is 4.78. The van der Waals surface area contributed by atoms with Crippen molar-refractivity contribution in [3.8, 4) is 0 Å². The summed E-state index contributed by atoms with van der Waals surface area (Å²) < 4.78 is 15.1. The van der Waals surface area contributed by atoms with Gasteiger partial charge in [0, 0.05) is 65.1 Å². The van der Waals surface area contributed by atoms with Gasteiger partial charge in [0.25, 0.3) is 0 Å². The van der Waals surface area contributed by atoms with Crippen LogP contribution in [0.3, 0.4) is 0 Å². The minimum absolute atomic E-state index is 0.00636. The Bertz CT molecular complexity index is 1230. The summed E-state index contributed by atoms with van der Waals surface area (Å²) in [4.78, 5) is 31.9. The number of amides is 2. The number of anilines is 2. The third-order valence-electron chi connectivity index (χ3n) is 6.62. The number of aryl methyl sites for hydroxylation is 2. The highest BCUT2D eigenvalue weighted by atomic mass is 19.1. The number of nitrogens with one attached hydrogen (secondary N) is 1. The number of hydrogen-bond donors (Lipinski definition) is 1. The van der Waals surface area contributed by atoms with Gasteiger partial charge >= 0.3 is 0 Å². The van der Waals surface area contributed by atoms with Crippen molar-refractivity contribution < 1.29 is 14.0 Å². The molecular weight excluding hydrogens is 471 g/mol. The van der Waals surface area contributed by atoms with E-state index >= 15 is 0 Å². The summed E-state index contributed by atoms with van der Waals surface area (Å²) in [5, 5.41) is 7.29. The Hall–Kier alpha value is -3.56. The fourth-order valence-corrected chi connectivity index (χ4v) is 4.78. The number of carbonyl (C=O) groups is 2. The van der Waals surface area contributed by atoms with E-state index in [1.165, 1.54) is 12.1 Å². The number of nitrogens with zero attached hydrogens (tertiary/aromatic N) is 5. The lowest BCUT2D eigenvalue weighted by Crippen LogP contribution is -2.39. The van der Waals surface area contributed by atoms with E-state index in [0.717, 1.165) is 42.0 Å². The summed E-state index contributed by atoms with van der Waals surface area (Å²) in [6, 6.07) is 14.5. The molecular formula is C28H35FN6O2. The monoisotopic (exact) mass is 506 g/mol. The number of halogens is 1. The maximum Gasteiger partial charge on any atom is 0.238 e. The average molecular weight is 507 g/mol. The first kappa shape index (κ1) is 26.5. The molecule has 0 fully saturated rings. The maximum atomic E-state index is 13.4. The number of benzene rings is 2. The Morgan fingerprint density at radius 2 is 1.73 bits per heavy atom. The van der Waals surface area contributed by atoms with Gasteiger partial charge in [-0.2, -0.15) is 5.10 Å². The van der Waals surface area contributed by atoms with E-state index in [2.05, 4.69) is 20.2 Å². The van der Waals surface area contributed by atoms with Gasteiger partial charge in [0.1, 0.15) is 5.82 Å². The second kappa shape index (κ2) is 12.1. The highest BCUT2D eigenvalue weighted by Gasteiger charge is 2.21. The Kier molecular flexibility index (Phi) is 8.68. The zero-order valence-electron chi connectivity index (χ0n) is 21.8. The fraction of sp³-hybridized carbons (Fsp3) is 0.393. The molecule has 1 N–H and O–H groups in total. The Morgan fingerprint density at radius 1 is 1.00 bits per heavy atom. The van der Waals surface area contributed by atoms with E-state index in [0.29, 0.717) is 31.9 Å². The van der Waals surface area contributed by atoms with Gasteiger partial charge in [-0.15, -0.1) is 0 Å². The van der Waals surface area contributed by atoms with Crippen LogP contribution in [0.5, 0.6) is 0 Å². The number of carbonyl (C=O) groups excluding carboxylic acids is 2. The zero-order valence-corrected chi connectivity index (χ0v) is 21.8. The highest BCUT2D eigenvalue weighted by molar-refractivity contribution is 5.93. The van der Waals surface area contributed by atoms with Crippen LogP contribution >= 0.6 is 0 Å². The molecule has 0 unspecified atom stereocenters. The Morgan fingerprint density at radius 3 is 2.43 bits per heavy atom. The lowest BCUT2D eigenvalue weighted by molar-refractivity contribution is -0.118. The summed E-state index contributed by atoms with van der Waals surface area (Å²) in [7, 11) is 1.82. The van der Waals surface area contributed by atoms with Crippen LogP contribution < -0.4 is 10.2 Å². The summed E-state index contributed by atoms with van der Waals surface area (Å²) in [5.74, 6) is -0.373. The first-order valence-corrected chi connectivity index (χ1v) is 12.6. The number of para-hydroxylation sites is 1. The molecule has 0 bridgehead atoms. The second-order valence-electron chi connectivity index (χ2n) is 9.62. The third-order valence-corrected chi connectivity index (χ3v) is 6.62. The largest absolute Gasteiger partial charge is 0.322 e. The van der Waals surface area contributed by atoms with E-state index in [9.17, 15) is 14.0 Å². The van der Waals surface area contributed by atoms with Crippen LogP contribution in [0.25, 0.3) is 0 Å². The molecule has 0 saturated carbocycles. The van der Waals surface area contributed by atoms with Crippen LogP contribution in [0.15, 0.2) is 54.7 Å². The smallest absolute Gasteiger partial charge is 0.238 e. The summed E-state index contributed by atoms with van der Waals surface area (Å²) in [5.41, 5.74) is 4.39. The molecule has 9 heteroatoms. The van der Waals surface area contributed by atoms with Crippen LogP contribution in [0.4, 0.5) is 15.8 Å². The van der Waals surface area contributed by atoms with Gasteiger partial charge in [0.05, 0.1) is 17.9 Å². The van der Waals surface area contributed by atoms with Crippen molar-refractivity contribution in [2.75, 3.05) is 42.9 Å². The van der Waals surface area contributed by atoms with Crippen molar-refractivity contribution in [2.24, 2.45) is 7.05 Å². The average Bonchev–Trinajstić information content (AvgIpc) is 3.15. The standard InChI is InChI=1S/C28H35FN6O2/c1-21-26(19-32(3)31-21)30-28(37)20-34-16-15-33(17-23-9-11-25(29)12-10-23)13-6-14-35(22(2)36)27-8-5-4-7-24(27)18-34/h4-5,7-12,19H,6,13-18,20H2,1-3H3,(H,30,37). The molecule has 1 aliphatic heterocycles. The van der Waals surface area contributed by atoms with Crippen LogP contribution in [0, 0.1) is 12.7 Å². The van der Waals surface area contributed by atoms with Crippen LogP contribution in [0.2, 0.25) is 0 Å². The normalized spacial score (nSPS) is 15.6. The predicted molar refractivity (Wildman–Crippen MR) is 143 cm³/mol. The van der Waals surface area contributed by atoms with Crippen molar-refractivity contribution in [1.82, 2.24) is 19.6 Å². The molecule has 0 spiro atoms. The molecule has 8 nitrogen and oxygen atoms in total. The molecule has 196 valence electrons. The molecule has 3 aromatic rings. The van der Waals surface area contributed by atoms with E-state index < -0.39 is 0 Å². The molecule has 2 heterocycles. The molecule has 0 radical (unpaired) electrons. The van der Waals surface area contributed by atoms with Gasteiger partial charge in [-0.25, -0.2) is 4.39 Å². The van der Waals surface area contributed by atoms with Crippen LogP contribution in [0.1, 0.15) is 30.2 Å². The van der Waals surface area contributed by atoms with E-state index in [-0.39, 0.29) is 24.2 Å². The molecule has 4 rings (SSSR count). The van der Waals surface area contributed by atoms with Crippen LogP contribution in [-0.4, -0.2) is 64.1 Å². The summed E-state index contributed by atoms with van der Waals surface area (Å²) >= 11 is 0. The molecule has 0 aliphatic carbocycles. The molecule has 0 atom stereocenters. The minimum atomic E-state index is -0.253.